The molecule has 280 valence electrons. The van der Waals surface area contributed by atoms with Crippen LogP contribution in [0.15, 0.2) is 231 Å². The standard InChI is InChI=1S/C58H38N2/c1-3-15-47-42(13-1)37-55(51-19-6-5-17-49(47)51)41-29-35-45(36-30-41)59(58-38-43-14-2-4-16-48(43)50-18-7-8-20-52(50)58)44-31-25-39(26-32-44)40-27-33-46(34-28-40)60-56-23-11-9-21-53(56)54-22-10-12-24-57(54)60/h1-38H. The highest BCUT2D eigenvalue weighted by molar-refractivity contribution is 6.16. The normalized spacial score (nSPS) is 11.7. The zero-order valence-corrected chi connectivity index (χ0v) is 32.8. The molecule has 12 aromatic rings. The van der Waals surface area contributed by atoms with E-state index in [0.29, 0.717) is 0 Å². The number of anilines is 3. The SMILES string of the molecule is c1ccc2c(c1)cc(-c1ccc(N(c3ccc(-c4ccc(-n5c6ccccc6c6ccccc65)cc4)cc3)c3cc4ccccc4c4ccccc34)cc1)c1ccccc12. The van der Waals surface area contributed by atoms with Crippen molar-refractivity contribution in [1.82, 2.24) is 4.57 Å². The number of fused-ring (bicyclic) bond motifs is 9. The Morgan fingerprint density at radius 2 is 0.683 bits per heavy atom. The Kier molecular flexibility index (Phi) is 7.89. The quantitative estimate of drug-likeness (QED) is 0.153. The molecule has 0 aliphatic rings. The van der Waals surface area contributed by atoms with Crippen LogP contribution in [0.1, 0.15) is 0 Å². The summed E-state index contributed by atoms with van der Waals surface area (Å²) in [5.74, 6) is 0. The first-order valence-corrected chi connectivity index (χ1v) is 20.7. The molecule has 0 atom stereocenters. The Morgan fingerprint density at radius 1 is 0.283 bits per heavy atom. The molecule has 0 radical (unpaired) electrons. The summed E-state index contributed by atoms with van der Waals surface area (Å²) >= 11 is 0. The summed E-state index contributed by atoms with van der Waals surface area (Å²) in [4.78, 5) is 2.42. The summed E-state index contributed by atoms with van der Waals surface area (Å²) in [5, 5.41) is 12.6. The fraction of sp³-hybridized carbons (Fsp3) is 0. The lowest BCUT2D eigenvalue weighted by Gasteiger charge is -2.28. The molecular weight excluding hydrogens is 725 g/mol. The zero-order chi connectivity index (χ0) is 39.6. The minimum atomic E-state index is 1.10. The van der Waals surface area contributed by atoms with E-state index in [4.69, 9.17) is 0 Å². The molecule has 2 heteroatoms. The summed E-state index contributed by atoms with van der Waals surface area (Å²) in [6, 6.07) is 84.2. The summed E-state index contributed by atoms with van der Waals surface area (Å²) < 4.78 is 2.37. The second-order valence-electron chi connectivity index (χ2n) is 15.7. The van der Waals surface area contributed by atoms with E-state index in [2.05, 4.69) is 240 Å². The number of para-hydroxylation sites is 2. The van der Waals surface area contributed by atoms with Gasteiger partial charge in [0, 0.05) is 33.2 Å². The predicted molar refractivity (Wildman–Crippen MR) is 256 cm³/mol. The van der Waals surface area contributed by atoms with E-state index in [1.54, 1.807) is 0 Å². The number of hydrogen-bond acceptors (Lipinski definition) is 1. The van der Waals surface area contributed by atoms with Crippen LogP contribution in [0.3, 0.4) is 0 Å². The second kappa shape index (κ2) is 13.9. The number of hydrogen-bond donors (Lipinski definition) is 0. The van der Waals surface area contributed by atoms with E-state index in [1.807, 2.05) is 0 Å². The fourth-order valence-corrected chi connectivity index (χ4v) is 9.54. The first-order valence-electron chi connectivity index (χ1n) is 20.7. The van der Waals surface area contributed by atoms with Gasteiger partial charge in [-0.2, -0.15) is 0 Å². The highest BCUT2D eigenvalue weighted by Crippen LogP contribution is 2.44. The van der Waals surface area contributed by atoms with Crippen LogP contribution in [0.4, 0.5) is 17.1 Å². The fourth-order valence-electron chi connectivity index (χ4n) is 9.54. The van der Waals surface area contributed by atoms with Crippen molar-refractivity contribution >= 4 is 82.0 Å². The maximum atomic E-state index is 2.42. The van der Waals surface area contributed by atoms with Crippen LogP contribution in [0.5, 0.6) is 0 Å². The molecule has 1 aromatic heterocycles. The van der Waals surface area contributed by atoms with E-state index in [-0.39, 0.29) is 0 Å². The Balaban J connectivity index is 0.965. The van der Waals surface area contributed by atoms with Crippen molar-refractivity contribution in [1.29, 1.82) is 0 Å². The van der Waals surface area contributed by atoms with E-state index < -0.39 is 0 Å². The van der Waals surface area contributed by atoms with Gasteiger partial charge < -0.3 is 9.47 Å². The molecule has 0 spiro atoms. The molecule has 12 rings (SSSR count). The van der Waals surface area contributed by atoms with Gasteiger partial charge in [0.05, 0.1) is 16.7 Å². The Labute approximate surface area is 348 Å². The van der Waals surface area contributed by atoms with Crippen LogP contribution < -0.4 is 4.90 Å². The summed E-state index contributed by atoms with van der Waals surface area (Å²) in [7, 11) is 0. The molecule has 11 aromatic carbocycles. The largest absolute Gasteiger partial charge is 0.310 e. The molecule has 0 saturated heterocycles. The van der Waals surface area contributed by atoms with Crippen molar-refractivity contribution in [3.63, 3.8) is 0 Å². The van der Waals surface area contributed by atoms with Gasteiger partial charge in [-0.05, 0) is 121 Å². The number of benzene rings is 11. The maximum absolute atomic E-state index is 2.42. The third kappa shape index (κ3) is 5.50. The molecule has 0 fully saturated rings. The van der Waals surface area contributed by atoms with Gasteiger partial charge in [0.25, 0.3) is 0 Å². The van der Waals surface area contributed by atoms with Gasteiger partial charge in [0.15, 0.2) is 0 Å². The van der Waals surface area contributed by atoms with Crippen molar-refractivity contribution in [2.75, 3.05) is 4.90 Å². The lowest BCUT2D eigenvalue weighted by molar-refractivity contribution is 1.18. The Bertz CT molecular complexity index is 3520. The number of nitrogens with zero attached hydrogens (tertiary/aromatic N) is 2. The monoisotopic (exact) mass is 762 g/mol. The predicted octanol–water partition coefficient (Wildman–Crippen LogP) is 16.2. The van der Waals surface area contributed by atoms with Crippen molar-refractivity contribution < 1.29 is 0 Å². The molecule has 0 saturated carbocycles. The topological polar surface area (TPSA) is 8.17 Å². The molecular formula is C58H38N2. The highest BCUT2D eigenvalue weighted by atomic mass is 15.1. The smallest absolute Gasteiger partial charge is 0.0546 e. The summed E-state index contributed by atoms with van der Waals surface area (Å²) in [6.45, 7) is 0. The van der Waals surface area contributed by atoms with Crippen molar-refractivity contribution in [3.8, 4) is 27.9 Å². The van der Waals surface area contributed by atoms with Gasteiger partial charge in [0.1, 0.15) is 0 Å². The Hall–Kier alpha value is -7.94. The summed E-state index contributed by atoms with van der Waals surface area (Å²) in [5.41, 5.74) is 11.7. The molecule has 0 aliphatic heterocycles. The first kappa shape index (κ1) is 34.1. The number of rotatable bonds is 6. The first-order chi connectivity index (χ1) is 29.8. The van der Waals surface area contributed by atoms with E-state index >= 15 is 0 Å². The molecule has 0 bridgehead atoms. The zero-order valence-electron chi connectivity index (χ0n) is 32.8. The molecule has 1 heterocycles. The van der Waals surface area contributed by atoms with Crippen LogP contribution in [-0.2, 0) is 0 Å². The van der Waals surface area contributed by atoms with Crippen LogP contribution in [0.2, 0.25) is 0 Å². The number of aromatic nitrogens is 1. The van der Waals surface area contributed by atoms with Gasteiger partial charge in [-0.3, -0.25) is 0 Å². The maximum Gasteiger partial charge on any atom is 0.0546 e. The second-order valence-corrected chi connectivity index (χ2v) is 15.7. The van der Waals surface area contributed by atoms with Crippen LogP contribution >= 0.6 is 0 Å². The molecule has 0 aliphatic carbocycles. The molecule has 2 nitrogen and oxygen atoms in total. The molecule has 60 heavy (non-hydrogen) atoms. The molecule has 0 N–H and O–H groups in total. The lowest BCUT2D eigenvalue weighted by Crippen LogP contribution is -2.10. The van der Waals surface area contributed by atoms with Gasteiger partial charge in [0.2, 0.25) is 0 Å². The third-order valence-corrected chi connectivity index (χ3v) is 12.4. The minimum absolute atomic E-state index is 1.10. The highest BCUT2D eigenvalue weighted by Gasteiger charge is 2.19. The average Bonchev–Trinajstić information content (AvgIpc) is 3.66. The third-order valence-electron chi connectivity index (χ3n) is 12.4. The van der Waals surface area contributed by atoms with Gasteiger partial charge in [-0.1, -0.05) is 170 Å². The molecule has 0 unspecified atom stereocenters. The summed E-state index contributed by atoms with van der Waals surface area (Å²) in [6.07, 6.45) is 0. The van der Waals surface area contributed by atoms with E-state index in [1.165, 1.54) is 87.1 Å². The molecule has 0 amide bonds. The van der Waals surface area contributed by atoms with Crippen LogP contribution in [0.25, 0.3) is 92.8 Å². The van der Waals surface area contributed by atoms with Gasteiger partial charge >= 0.3 is 0 Å². The van der Waals surface area contributed by atoms with Crippen molar-refractivity contribution in [3.05, 3.63) is 231 Å². The van der Waals surface area contributed by atoms with Crippen LogP contribution in [0, 0.1) is 0 Å². The lowest BCUT2D eigenvalue weighted by atomic mass is 9.93. The van der Waals surface area contributed by atoms with Crippen molar-refractivity contribution in [2.45, 2.75) is 0 Å². The van der Waals surface area contributed by atoms with Crippen molar-refractivity contribution in [2.24, 2.45) is 0 Å². The van der Waals surface area contributed by atoms with E-state index in [0.717, 1.165) is 22.7 Å². The van der Waals surface area contributed by atoms with Crippen LogP contribution in [-0.4, -0.2) is 4.57 Å². The average molecular weight is 763 g/mol. The van der Waals surface area contributed by atoms with Gasteiger partial charge in [-0.15, -0.1) is 0 Å². The minimum Gasteiger partial charge on any atom is -0.310 e. The van der Waals surface area contributed by atoms with E-state index in [9.17, 15) is 0 Å². The Morgan fingerprint density at radius 3 is 1.25 bits per heavy atom. The van der Waals surface area contributed by atoms with Gasteiger partial charge in [-0.25, -0.2) is 0 Å².